The quantitative estimate of drug-likeness (QED) is 0.552. The second-order valence-corrected chi connectivity index (χ2v) is 9.72. The average Bonchev–Trinajstić information content (AvgIpc) is 3.51. The molecule has 0 unspecified atom stereocenters. The van der Waals surface area contributed by atoms with Gasteiger partial charge in [-0.1, -0.05) is 36.5 Å². The lowest BCUT2D eigenvalue weighted by molar-refractivity contribution is -0.118. The Hall–Kier alpha value is -2.66. The molecule has 0 spiro atoms. The minimum atomic E-state index is -0.0164. The Morgan fingerprint density at radius 1 is 1.13 bits per heavy atom. The van der Waals surface area contributed by atoms with Crippen molar-refractivity contribution in [2.45, 2.75) is 32.6 Å². The van der Waals surface area contributed by atoms with Crippen molar-refractivity contribution in [2.24, 2.45) is 23.7 Å². The number of carbonyl (C=O) groups is 1. The van der Waals surface area contributed by atoms with Crippen molar-refractivity contribution in [1.82, 2.24) is 4.98 Å². The summed E-state index contributed by atoms with van der Waals surface area (Å²) in [7, 11) is 0. The Morgan fingerprint density at radius 2 is 1.93 bits per heavy atom. The van der Waals surface area contributed by atoms with Crippen LogP contribution in [0.2, 0.25) is 0 Å². The number of rotatable bonds is 4. The van der Waals surface area contributed by atoms with Crippen molar-refractivity contribution < 1.29 is 14.6 Å². The molecule has 0 amide bonds. The van der Waals surface area contributed by atoms with Gasteiger partial charge in [0.25, 0.3) is 5.19 Å². The van der Waals surface area contributed by atoms with Gasteiger partial charge in [0, 0.05) is 11.8 Å². The van der Waals surface area contributed by atoms with Crippen LogP contribution in [0.25, 0.3) is 15.8 Å². The number of Topliss-reactive ketones (excluding diaryl/α,β-unsaturated/α-hetero) is 1. The van der Waals surface area contributed by atoms with Crippen LogP contribution in [0.15, 0.2) is 48.2 Å². The molecule has 30 heavy (non-hydrogen) atoms. The third kappa shape index (κ3) is 2.58. The lowest BCUT2D eigenvalue weighted by Crippen LogP contribution is -2.24. The van der Waals surface area contributed by atoms with Gasteiger partial charge in [-0.05, 0) is 72.9 Å². The van der Waals surface area contributed by atoms with E-state index in [9.17, 15) is 9.90 Å². The number of benzene rings is 2. The minimum Gasteiger partial charge on any atom is -0.511 e. The average molecular weight is 418 g/mol. The van der Waals surface area contributed by atoms with Gasteiger partial charge in [0.15, 0.2) is 5.78 Å². The van der Waals surface area contributed by atoms with Crippen LogP contribution in [0.5, 0.6) is 10.9 Å². The second kappa shape index (κ2) is 6.67. The summed E-state index contributed by atoms with van der Waals surface area (Å²) in [5.41, 5.74) is 3.34. The van der Waals surface area contributed by atoms with Crippen molar-refractivity contribution in [2.75, 3.05) is 0 Å². The molecule has 1 aromatic heterocycles. The number of ether oxygens (including phenoxy) is 1. The lowest BCUT2D eigenvalue weighted by Gasteiger charge is -2.23. The molecule has 3 aromatic rings. The van der Waals surface area contributed by atoms with Crippen LogP contribution in [0, 0.1) is 23.7 Å². The van der Waals surface area contributed by atoms with Gasteiger partial charge < -0.3 is 9.84 Å². The summed E-state index contributed by atoms with van der Waals surface area (Å²) in [5, 5.41) is 11.7. The summed E-state index contributed by atoms with van der Waals surface area (Å²) in [4.78, 5) is 17.9. The molecule has 3 aliphatic carbocycles. The highest BCUT2D eigenvalue weighted by Gasteiger charge is 2.57. The van der Waals surface area contributed by atoms with Crippen molar-refractivity contribution in [3.63, 3.8) is 0 Å². The van der Waals surface area contributed by atoms with E-state index < -0.39 is 0 Å². The maximum atomic E-state index is 13.4. The molecule has 2 saturated carbocycles. The number of ketones is 1. The fraction of sp³-hybridized carbons (Fsp3) is 0.360. The number of carbonyl (C=O) groups excluding carboxylic acids is 1. The molecule has 1 N–H and O–H groups in total. The van der Waals surface area contributed by atoms with Crippen molar-refractivity contribution in [3.05, 3.63) is 59.4 Å². The maximum Gasteiger partial charge on any atom is 0.279 e. The van der Waals surface area contributed by atoms with Crippen molar-refractivity contribution in [3.8, 4) is 10.9 Å². The minimum absolute atomic E-state index is 0.0164. The molecule has 4 atom stereocenters. The van der Waals surface area contributed by atoms with Crippen LogP contribution in [0.4, 0.5) is 0 Å². The number of hydrogen-bond donors (Lipinski definition) is 1. The molecule has 2 fully saturated rings. The van der Waals surface area contributed by atoms with Crippen LogP contribution in [-0.4, -0.2) is 15.9 Å². The Kier molecular flexibility index (Phi) is 4.03. The molecule has 0 saturated heterocycles. The molecular formula is C25H23NO3S. The number of aliphatic hydroxyl groups is 1. The summed E-state index contributed by atoms with van der Waals surface area (Å²) in [6.07, 6.45) is 4.15. The SMILES string of the molecule is CCc1ccc(Oc2nc3ccccc3s2)cc1C1=C(O)[C@H]2[C@H]3CC[C@H](C3)[C@H]2C1=O. The number of aliphatic hydroxyl groups excluding tert-OH is 1. The molecule has 2 bridgehead atoms. The molecule has 1 heterocycles. The molecular weight excluding hydrogens is 394 g/mol. The number of nitrogens with zero attached hydrogens (tertiary/aromatic N) is 1. The monoisotopic (exact) mass is 417 g/mol. The largest absolute Gasteiger partial charge is 0.511 e. The zero-order valence-corrected chi connectivity index (χ0v) is 17.6. The molecule has 0 aliphatic heterocycles. The van der Waals surface area contributed by atoms with Gasteiger partial charge in [-0.2, -0.15) is 0 Å². The highest BCUT2D eigenvalue weighted by atomic mass is 32.1. The van der Waals surface area contributed by atoms with Crippen molar-refractivity contribution >= 4 is 32.9 Å². The van der Waals surface area contributed by atoms with Crippen LogP contribution < -0.4 is 4.74 Å². The van der Waals surface area contributed by atoms with E-state index in [1.54, 1.807) is 0 Å². The molecule has 152 valence electrons. The predicted octanol–water partition coefficient (Wildman–Crippen LogP) is 6.17. The van der Waals surface area contributed by atoms with E-state index in [0.29, 0.717) is 34.1 Å². The lowest BCUT2D eigenvalue weighted by atomic mass is 9.80. The summed E-state index contributed by atoms with van der Waals surface area (Å²) in [5.74, 6) is 2.03. The highest BCUT2D eigenvalue weighted by molar-refractivity contribution is 7.20. The molecule has 0 radical (unpaired) electrons. The first-order valence-electron chi connectivity index (χ1n) is 10.8. The first-order valence-corrected chi connectivity index (χ1v) is 11.6. The fourth-order valence-corrected chi connectivity index (χ4v) is 6.78. The summed E-state index contributed by atoms with van der Waals surface area (Å²) in [6, 6.07) is 13.8. The summed E-state index contributed by atoms with van der Waals surface area (Å²) < 4.78 is 7.15. The number of hydrogen-bond acceptors (Lipinski definition) is 5. The van der Waals surface area contributed by atoms with Gasteiger partial charge in [0.2, 0.25) is 0 Å². The highest BCUT2D eigenvalue weighted by Crippen LogP contribution is 2.60. The molecule has 6 rings (SSSR count). The van der Waals surface area contributed by atoms with Crippen LogP contribution in [-0.2, 0) is 11.2 Å². The van der Waals surface area contributed by atoms with E-state index in [-0.39, 0.29) is 17.6 Å². The van der Waals surface area contributed by atoms with Gasteiger partial charge in [0.05, 0.1) is 15.8 Å². The Labute approximate surface area is 179 Å². The van der Waals surface area contributed by atoms with Gasteiger partial charge in [-0.15, -0.1) is 0 Å². The smallest absolute Gasteiger partial charge is 0.279 e. The number of thiazole rings is 1. The Balaban J connectivity index is 1.39. The van der Waals surface area contributed by atoms with Gasteiger partial charge >= 0.3 is 0 Å². The third-order valence-corrected chi connectivity index (χ3v) is 8.16. The van der Waals surface area contributed by atoms with E-state index in [2.05, 4.69) is 11.9 Å². The van der Waals surface area contributed by atoms with Crippen LogP contribution >= 0.6 is 11.3 Å². The van der Waals surface area contributed by atoms with E-state index in [1.165, 1.54) is 11.3 Å². The molecule has 4 nitrogen and oxygen atoms in total. The summed E-state index contributed by atoms with van der Waals surface area (Å²) in [6.45, 7) is 2.08. The first-order chi connectivity index (χ1) is 14.6. The topological polar surface area (TPSA) is 59.4 Å². The van der Waals surface area contributed by atoms with E-state index in [1.807, 2.05) is 42.5 Å². The Bertz CT molecular complexity index is 1180. The van der Waals surface area contributed by atoms with E-state index in [4.69, 9.17) is 4.74 Å². The standard InChI is InChI=1S/C25H23NO3S/c1-2-13-9-10-16(29-25-26-18-5-3-4-6-19(18)30-25)12-17(13)22-23(27)20-14-7-8-15(11-14)21(20)24(22)28/h3-6,9-10,12,14-15,20-21,27H,2,7-8,11H2,1H3/t14-,15+,20-,21+/m0/s1. The zero-order valence-electron chi connectivity index (χ0n) is 16.8. The molecule has 2 aromatic carbocycles. The van der Waals surface area contributed by atoms with E-state index in [0.717, 1.165) is 47.0 Å². The third-order valence-electron chi connectivity index (χ3n) is 7.25. The predicted molar refractivity (Wildman–Crippen MR) is 118 cm³/mol. The van der Waals surface area contributed by atoms with E-state index >= 15 is 0 Å². The fourth-order valence-electron chi connectivity index (χ4n) is 5.95. The van der Waals surface area contributed by atoms with Crippen LogP contribution in [0.3, 0.4) is 0 Å². The number of aromatic nitrogens is 1. The van der Waals surface area contributed by atoms with Gasteiger partial charge in [0.1, 0.15) is 11.5 Å². The van der Waals surface area contributed by atoms with Crippen LogP contribution in [0.1, 0.15) is 37.3 Å². The summed E-state index contributed by atoms with van der Waals surface area (Å²) >= 11 is 1.50. The van der Waals surface area contributed by atoms with Gasteiger partial charge in [-0.3, -0.25) is 4.79 Å². The van der Waals surface area contributed by atoms with Gasteiger partial charge in [-0.25, -0.2) is 4.98 Å². The van der Waals surface area contributed by atoms with Crippen molar-refractivity contribution in [1.29, 1.82) is 0 Å². The zero-order chi connectivity index (χ0) is 20.4. The first kappa shape index (κ1) is 18.1. The number of fused-ring (bicyclic) bond motifs is 6. The number of para-hydroxylation sites is 1. The maximum absolute atomic E-state index is 13.4. The molecule has 3 aliphatic rings. The Morgan fingerprint density at radius 3 is 2.70 bits per heavy atom. The normalized spacial score (nSPS) is 27.3. The number of allylic oxidation sites excluding steroid dienone is 2. The number of aryl methyl sites for hydroxylation is 1. The second-order valence-electron chi connectivity index (χ2n) is 8.73. The molecule has 5 heteroatoms.